The standard InChI is InChI=1S/C10H11N3O2S2/c1-4-5(2)17-8-7(4)9(15)13(3-6(11)14)10(16)12-8/h3H2,1-2H3,(H2,11,14)(H,12,16). The highest BCUT2D eigenvalue weighted by molar-refractivity contribution is 7.71. The van der Waals surface area contributed by atoms with E-state index in [1.54, 1.807) is 0 Å². The lowest BCUT2D eigenvalue weighted by Crippen LogP contribution is -2.29. The van der Waals surface area contributed by atoms with Gasteiger partial charge in [0.15, 0.2) is 4.77 Å². The zero-order valence-electron chi connectivity index (χ0n) is 9.36. The molecule has 17 heavy (non-hydrogen) atoms. The Labute approximate surface area is 106 Å². The van der Waals surface area contributed by atoms with Crippen LogP contribution in [0, 0.1) is 18.6 Å². The Morgan fingerprint density at radius 1 is 1.53 bits per heavy atom. The van der Waals surface area contributed by atoms with Crippen LogP contribution >= 0.6 is 23.6 Å². The molecular weight excluding hydrogens is 258 g/mol. The number of hydrogen-bond acceptors (Lipinski definition) is 4. The first-order chi connectivity index (χ1) is 7.91. The minimum Gasteiger partial charge on any atom is -0.368 e. The van der Waals surface area contributed by atoms with Gasteiger partial charge in [-0.2, -0.15) is 0 Å². The smallest absolute Gasteiger partial charge is 0.263 e. The number of rotatable bonds is 2. The van der Waals surface area contributed by atoms with Gasteiger partial charge in [0.2, 0.25) is 5.91 Å². The summed E-state index contributed by atoms with van der Waals surface area (Å²) in [6.45, 7) is 3.62. The summed E-state index contributed by atoms with van der Waals surface area (Å²) in [4.78, 5) is 27.9. The molecule has 0 atom stereocenters. The molecule has 0 unspecified atom stereocenters. The molecule has 0 aromatic carbocycles. The van der Waals surface area contributed by atoms with E-state index in [0.717, 1.165) is 15.3 Å². The van der Waals surface area contributed by atoms with E-state index in [4.69, 9.17) is 18.0 Å². The number of carbonyl (C=O) groups excluding carboxylic acids is 1. The molecule has 0 saturated heterocycles. The Morgan fingerprint density at radius 2 is 2.18 bits per heavy atom. The lowest BCUT2D eigenvalue weighted by molar-refractivity contribution is -0.118. The Kier molecular flexibility index (Phi) is 2.88. The number of aromatic amines is 1. The number of thiophene rings is 1. The largest absolute Gasteiger partial charge is 0.368 e. The predicted molar refractivity (Wildman–Crippen MR) is 69.9 cm³/mol. The number of H-pyrrole nitrogens is 1. The van der Waals surface area contributed by atoms with E-state index in [1.807, 2.05) is 13.8 Å². The highest BCUT2D eigenvalue weighted by Crippen LogP contribution is 2.25. The predicted octanol–water partition coefficient (Wildman–Crippen LogP) is 1.22. The molecule has 2 aromatic heterocycles. The summed E-state index contributed by atoms with van der Waals surface area (Å²) >= 11 is 6.53. The number of carbonyl (C=O) groups is 1. The van der Waals surface area contributed by atoms with Crippen molar-refractivity contribution in [2.24, 2.45) is 5.73 Å². The fourth-order valence-corrected chi connectivity index (χ4v) is 3.03. The maximum Gasteiger partial charge on any atom is 0.263 e. The van der Waals surface area contributed by atoms with Crippen molar-refractivity contribution in [1.29, 1.82) is 0 Å². The Hall–Kier alpha value is -1.47. The third-order valence-electron chi connectivity index (χ3n) is 2.62. The van der Waals surface area contributed by atoms with E-state index in [9.17, 15) is 9.59 Å². The summed E-state index contributed by atoms with van der Waals surface area (Å²) in [5.41, 5.74) is 5.75. The molecule has 0 aliphatic heterocycles. The summed E-state index contributed by atoms with van der Waals surface area (Å²) in [7, 11) is 0. The molecule has 0 radical (unpaired) electrons. The molecule has 90 valence electrons. The lowest BCUT2D eigenvalue weighted by Gasteiger charge is -2.03. The number of aromatic nitrogens is 2. The van der Waals surface area contributed by atoms with Crippen LogP contribution < -0.4 is 11.3 Å². The average molecular weight is 269 g/mol. The summed E-state index contributed by atoms with van der Waals surface area (Å²) in [6.07, 6.45) is 0. The normalized spacial score (nSPS) is 10.9. The minimum atomic E-state index is -0.587. The monoisotopic (exact) mass is 269 g/mol. The number of hydrogen-bond donors (Lipinski definition) is 2. The van der Waals surface area contributed by atoms with Gasteiger partial charge in [0, 0.05) is 4.88 Å². The lowest BCUT2D eigenvalue weighted by atomic mass is 10.2. The third-order valence-corrected chi connectivity index (χ3v) is 4.07. The number of primary amides is 1. The molecule has 0 aliphatic rings. The van der Waals surface area contributed by atoms with E-state index in [-0.39, 0.29) is 16.9 Å². The van der Waals surface area contributed by atoms with Crippen LogP contribution in [0.25, 0.3) is 10.2 Å². The van der Waals surface area contributed by atoms with Gasteiger partial charge < -0.3 is 10.7 Å². The number of nitrogens with one attached hydrogen (secondary N) is 1. The van der Waals surface area contributed by atoms with Crippen LogP contribution in [0.3, 0.4) is 0 Å². The number of nitrogens with two attached hydrogens (primary N) is 1. The molecule has 2 heterocycles. The van der Waals surface area contributed by atoms with Crippen molar-refractivity contribution in [2.75, 3.05) is 0 Å². The number of nitrogens with zero attached hydrogens (tertiary/aromatic N) is 1. The van der Waals surface area contributed by atoms with Crippen molar-refractivity contribution in [3.8, 4) is 0 Å². The van der Waals surface area contributed by atoms with Crippen LogP contribution in [0.15, 0.2) is 4.79 Å². The van der Waals surface area contributed by atoms with Crippen LogP contribution in [-0.4, -0.2) is 15.5 Å². The molecule has 0 spiro atoms. The third kappa shape index (κ3) is 1.91. The maximum absolute atomic E-state index is 12.2. The average Bonchev–Trinajstić information content (AvgIpc) is 2.49. The highest BCUT2D eigenvalue weighted by Gasteiger charge is 2.13. The van der Waals surface area contributed by atoms with Crippen molar-refractivity contribution >= 4 is 39.7 Å². The molecular formula is C10H11N3O2S2. The van der Waals surface area contributed by atoms with E-state index in [1.165, 1.54) is 15.9 Å². The van der Waals surface area contributed by atoms with Crippen molar-refractivity contribution in [1.82, 2.24) is 9.55 Å². The molecule has 1 amide bonds. The number of fused-ring (bicyclic) bond motifs is 1. The molecule has 0 fully saturated rings. The van der Waals surface area contributed by atoms with Crippen molar-refractivity contribution in [3.05, 3.63) is 25.6 Å². The summed E-state index contributed by atoms with van der Waals surface area (Å²) in [5.74, 6) is -0.587. The van der Waals surface area contributed by atoms with Crippen molar-refractivity contribution < 1.29 is 4.79 Å². The van der Waals surface area contributed by atoms with Gasteiger partial charge in [-0.25, -0.2) is 0 Å². The van der Waals surface area contributed by atoms with Gasteiger partial charge in [0.25, 0.3) is 5.56 Å². The van der Waals surface area contributed by atoms with Crippen molar-refractivity contribution in [2.45, 2.75) is 20.4 Å². The van der Waals surface area contributed by atoms with Gasteiger partial charge in [0.05, 0.1) is 5.39 Å². The van der Waals surface area contributed by atoms with Gasteiger partial charge in [-0.15, -0.1) is 11.3 Å². The van der Waals surface area contributed by atoms with Gasteiger partial charge >= 0.3 is 0 Å². The van der Waals surface area contributed by atoms with Crippen molar-refractivity contribution in [3.63, 3.8) is 0 Å². The van der Waals surface area contributed by atoms with Gasteiger partial charge in [-0.3, -0.25) is 14.2 Å². The molecule has 3 N–H and O–H groups in total. The minimum absolute atomic E-state index is 0.196. The molecule has 0 bridgehead atoms. The summed E-state index contributed by atoms with van der Waals surface area (Å²) in [5, 5.41) is 0.586. The van der Waals surface area contributed by atoms with Gasteiger partial charge in [0.1, 0.15) is 11.4 Å². The summed E-state index contributed by atoms with van der Waals surface area (Å²) in [6, 6.07) is 0. The van der Waals surface area contributed by atoms with E-state index in [0.29, 0.717) is 5.39 Å². The SMILES string of the molecule is Cc1sc2[nH]c(=S)n(CC(N)=O)c(=O)c2c1C. The Morgan fingerprint density at radius 3 is 2.76 bits per heavy atom. The fourth-order valence-electron chi connectivity index (χ4n) is 1.66. The zero-order chi connectivity index (χ0) is 12.7. The molecule has 2 aromatic rings. The Balaban J connectivity index is 2.88. The topological polar surface area (TPSA) is 80.9 Å². The van der Waals surface area contributed by atoms with Crippen LogP contribution in [0.5, 0.6) is 0 Å². The molecule has 7 heteroatoms. The highest BCUT2D eigenvalue weighted by atomic mass is 32.1. The number of amides is 1. The summed E-state index contributed by atoms with van der Waals surface area (Å²) < 4.78 is 1.42. The molecule has 5 nitrogen and oxygen atoms in total. The number of aryl methyl sites for hydroxylation is 2. The van der Waals surface area contributed by atoms with Gasteiger partial charge in [-0.1, -0.05) is 0 Å². The second kappa shape index (κ2) is 4.08. The van der Waals surface area contributed by atoms with E-state index in [2.05, 4.69) is 4.98 Å². The first-order valence-electron chi connectivity index (χ1n) is 4.93. The van der Waals surface area contributed by atoms with E-state index >= 15 is 0 Å². The van der Waals surface area contributed by atoms with Crippen LogP contribution in [0.2, 0.25) is 0 Å². The fraction of sp³-hybridized carbons (Fsp3) is 0.300. The van der Waals surface area contributed by atoms with Gasteiger partial charge in [-0.05, 0) is 31.6 Å². The van der Waals surface area contributed by atoms with Crippen LogP contribution in [-0.2, 0) is 11.3 Å². The first kappa shape index (κ1) is 12.0. The second-order valence-electron chi connectivity index (χ2n) is 3.78. The molecule has 2 rings (SSSR count). The zero-order valence-corrected chi connectivity index (χ0v) is 11.0. The van der Waals surface area contributed by atoms with Crippen LogP contribution in [0.4, 0.5) is 0 Å². The molecule has 0 aliphatic carbocycles. The quantitative estimate of drug-likeness (QED) is 0.804. The Bertz CT molecular complexity index is 723. The second-order valence-corrected chi connectivity index (χ2v) is 5.39. The van der Waals surface area contributed by atoms with E-state index < -0.39 is 5.91 Å². The first-order valence-corrected chi connectivity index (χ1v) is 6.15. The maximum atomic E-state index is 12.2. The molecule has 0 saturated carbocycles. The van der Waals surface area contributed by atoms with Crippen LogP contribution in [0.1, 0.15) is 10.4 Å².